The van der Waals surface area contributed by atoms with Crippen molar-refractivity contribution in [3.8, 4) is 0 Å². The largest absolute Gasteiger partial charge is 0.313 e. The fourth-order valence-corrected chi connectivity index (χ4v) is 2.84. The lowest BCUT2D eigenvalue weighted by molar-refractivity contribution is 0.726. The highest BCUT2D eigenvalue weighted by Gasteiger charge is 2.06. The van der Waals surface area contributed by atoms with Crippen molar-refractivity contribution in [3.05, 3.63) is 52.7 Å². The predicted molar refractivity (Wildman–Crippen MR) is 81.9 cm³/mol. The van der Waals surface area contributed by atoms with E-state index >= 15 is 0 Å². The predicted octanol–water partition coefficient (Wildman–Crippen LogP) is 4.30. The van der Waals surface area contributed by atoms with Gasteiger partial charge in [-0.2, -0.15) is 0 Å². The molecule has 2 nitrogen and oxygen atoms in total. The second-order valence-electron chi connectivity index (χ2n) is 4.27. The number of nitrogens with zero attached hydrogens (tertiary/aromatic N) is 1. The van der Waals surface area contributed by atoms with E-state index in [4.69, 9.17) is 11.6 Å². The first kappa shape index (κ1) is 14.4. The highest BCUT2D eigenvalue weighted by molar-refractivity contribution is 7.99. The molecule has 0 spiro atoms. The highest BCUT2D eigenvalue weighted by Crippen LogP contribution is 2.33. The Kier molecular flexibility index (Phi) is 5.25. The fraction of sp³-hybridized carbons (Fsp3) is 0.267. The lowest BCUT2D eigenvalue weighted by Crippen LogP contribution is -2.11. The summed E-state index contributed by atoms with van der Waals surface area (Å²) in [7, 11) is 0. The van der Waals surface area contributed by atoms with Crippen LogP contribution in [0.25, 0.3) is 0 Å². The molecule has 4 heteroatoms. The van der Waals surface area contributed by atoms with Crippen LogP contribution >= 0.6 is 23.4 Å². The van der Waals surface area contributed by atoms with Crippen molar-refractivity contribution in [2.45, 2.75) is 30.3 Å². The summed E-state index contributed by atoms with van der Waals surface area (Å²) in [6.45, 7) is 6.13. The summed E-state index contributed by atoms with van der Waals surface area (Å²) in [5.41, 5.74) is 2.55. The summed E-state index contributed by atoms with van der Waals surface area (Å²) in [4.78, 5) is 5.50. The van der Waals surface area contributed by atoms with Crippen molar-refractivity contribution in [1.82, 2.24) is 10.3 Å². The maximum Gasteiger partial charge on any atom is 0.119 e. The molecular weight excluding hydrogens is 276 g/mol. The van der Waals surface area contributed by atoms with Crippen molar-refractivity contribution in [1.29, 1.82) is 0 Å². The van der Waals surface area contributed by atoms with Gasteiger partial charge in [-0.15, -0.1) is 0 Å². The van der Waals surface area contributed by atoms with E-state index < -0.39 is 0 Å². The molecule has 0 atom stereocenters. The average molecular weight is 293 g/mol. The number of aromatic nitrogens is 1. The first-order valence-corrected chi connectivity index (χ1v) is 7.48. The van der Waals surface area contributed by atoms with Gasteiger partial charge in [-0.1, -0.05) is 42.4 Å². The Bertz CT molecular complexity index is 558. The lowest BCUT2D eigenvalue weighted by Gasteiger charge is -2.09. The van der Waals surface area contributed by atoms with Gasteiger partial charge in [0.25, 0.3) is 0 Å². The zero-order valence-electron chi connectivity index (χ0n) is 11.1. The Morgan fingerprint density at radius 2 is 2.16 bits per heavy atom. The molecule has 0 radical (unpaired) electrons. The summed E-state index contributed by atoms with van der Waals surface area (Å²) >= 11 is 7.74. The Morgan fingerprint density at radius 1 is 1.32 bits per heavy atom. The van der Waals surface area contributed by atoms with Crippen LogP contribution in [-0.2, 0) is 6.54 Å². The molecule has 0 aliphatic carbocycles. The third-order valence-electron chi connectivity index (χ3n) is 2.75. The van der Waals surface area contributed by atoms with Gasteiger partial charge in [0.2, 0.25) is 0 Å². The van der Waals surface area contributed by atoms with Crippen LogP contribution in [0.4, 0.5) is 0 Å². The quantitative estimate of drug-likeness (QED) is 0.889. The van der Waals surface area contributed by atoms with Gasteiger partial charge < -0.3 is 5.32 Å². The van der Waals surface area contributed by atoms with Crippen molar-refractivity contribution < 1.29 is 0 Å². The van der Waals surface area contributed by atoms with E-state index in [1.165, 1.54) is 16.0 Å². The normalized spacial score (nSPS) is 10.7. The molecule has 0 aliphatic rings. The van der Waals surface area contributed by atoms with Crippen LogP contribution in [0, 0.1) is 6.92 Å². The van der Waals surface area contributed by atoms with E-state index in [9.17, 15) is 0 Å². The Balaban J connectivity index is 2.15. The number of benzene rings is 1. The van der Waals surface area contributed by atoms with Gasteiger partial charge in [0.1, 0.15) is 5.03 Å². The number of aryl methyl sites for hydroxylation is 1. The molecule has 0 saturated heterocycles. The Morgan fingerprint density at radius 3 is 2.84 bits per heavy atom. The van der Waals surface area contributed by atoms with Gasteiger partial charge in [0, 0.05) is 17.6 Å². The summed E-state index contributed by atoms with van der Waals surface area (Å²) in [5, 5.41) is 4.88. The summed E-state index contributed by atoms with van der Waals surface area (Å²) in [6, 6.07) is 10.2. The summed E-state index contributed by atoms with van der Waals surface area (Å²) in [5.74, 6) is 0. The number of hydrogen-bond acceptors (Lipinski definition) is 3. The average Bonchev–Trinajstić information content (AvgIpc) is 2.41. The number of hydrogen-bond donors (Lipinski definition) is 1. The third kappa shape index (κ3) is 3.96. The first-order valence-electron chi connectivity index (χ1n) is 6.29. The molecule has 100 valence electrons. The molecule has 0 amide bonds. The second kappa shape index (κ2) is 6.94. The minimum absolute atomic E-state index is 0.698. The smallest absolute Gasteiger partial charge is 0.119 e. The highest BCUT2D eigenvalue weighted by atomic mass is 35.5. The topological polar surface area (TPSA) is 24.9 Å². The maximum absolute atomic E-state index is 6.13. The minimum Gasteiger partial charge on any atom is -0.313 e. The number of nitrogens with one attached hydrogen (secondary N) is 1. The standard InChI is InChI=1S/C15H17ClN2S/c1-3-17-10-12-6-7-14(11(2)9-12)19-15-13(16)5-4-8-18-15/h4-9,17H,3,10H2,1-2H3. The van der Waals surface area contributed by atoms with Crippen LogP contribution in [0.2, 0.25) is 5.02 Å². The van der Waals surface area contributed by atoms with Gasteiger partial charge in [-0.05, 0) is 42.8 Å². The molecule has 1 aromatic heterocycles. The van der Waals surface area contributed by atoms with Crippen LogP contribution in [0.15, 0.2) is 46.5 Å². The molecule has 1 heterocycles. The van der Waals surface area contributed by atoms with E-state index in [0.29, 0.717) is 5.02 Å². The van der Waals surface area contributed by atoms with E-state index in [-0.39, 0.29) is 0 Å². The molecule has 19 heavy (non-hydrogen) atoms. The lowest BCUT2D eigenvalue weighted by atomic mass is 10.1. The molecule has 0 bridgehead atoms. The van der Waals surface area contributed by atoms with Crippen molar-refractivity contribution >= 4 is 23.4 Å². The molecule has 0 fully saturated rings. The monoisotopic (exact) mass is 292 g/mol. The number of pyridine rings is 1. The van der Waals surface area contributed by atoms with Crippen LogP contribution in [0.5, 0.6) is 0 Å². The number of rotatable bonds is 5. The maximum atomic E-state index is 6.13. The third-order valence-corrected chi connectivity index (χ3v) is 4.36. The van der Waals surface area contributed by atoms with Crippen molar-refractivity contribution in [2.24, 2.45) is 0 Å². The molecule has 1 aromatic carbocycles. The van der Waals surface area contributed by atoms with Gasteiger partial charge in [-0.3, -0.25) is 0 Å². The van der Waals surface area contributed by atoms with Crippen molar-refractivity contribution in [3.63, 3.8) is 0 Å². The zero-order chi connectivity index (χ0) is 13.7. The van der Waals surface area contributed by atoms with E-state index in [2.05, 4.69) is 42.3 Å². The van der Waals surface area contributed by atoms with E-state index in [1.54, 1.807) is 18.0 Å². The van der Waals surface area contributed by atoms with Crippen molar-refractivity contribution in [2.75, 3.05) is 6.54 Å². The Hall–Kier alpha value is -1.03. The van der Waals surface area contributed by atoms with Gasteiger partial charge >= 0.3 is 0 Å². The fourth-order valence-electron chi connectivity index (χ4n) is 1.76. The molecule has 1 N–H and O–H groups in total. The molecule has 0 unspecified atom stereocenters. The SMILES string of the molecule is CCNCc1ccc(Sc2ncccc2Cl)c(C)c1. The molecule has 0 aliphatic heterocycles. The minimum atomic E-state index is 0.698. The van der Waals surface area contributed by atoms with Gasteiger partial charge in [-0.25, -0.2) is 4.98 Å². The van der Waals surface area contributed by atoms with E-state index in [0.717, 1.165) is 18.1 Å². The van der Waals surface area contributed by atoms with Crippen LogP contribution in [-0.4, -0.2) is 11.5 Å². The van der Waals surface area contributed by atoms with Crippen LogP contribution in [0.3, 0.4) is 0 Å². The summed E-state index contributed by atoms with van der Waals surface area (Å²) in [6.07, 6.45) is 1.77. The zero-order valence-corrected chi connectivity index (χ0v) is 12.7. The Labute approximate surface area is 123 Å². The molecule has 2 rings (SSSR count). The van der Waals surface area contributed by atoms with Gasteiger partial charge in [0.05, 0.1) is 5.02 Å². The van der Waals surface area contributed by atoms with Crippen LogP contribution in [0.1, 0.15) is 18.1 Å². The number of halogens is 1. The first-order chi connectivity index (χ1) is 9.20. The molecular formula is C15H17ClN2S. The summed E-state index contributed by atoms with van der Waals surface area (Å²) < 4.78 is 0. The van der Waals surface area contributed by atoms with E-state index in [1.807, 2.05) is 12.1 Å². The van der Waals surface area contributed by atoms with Gasteiger partial charge in [0.15, 0.2) is 0 Å². The molecule has 0 saturated carbocycles. The second-order valence-corrected chi connectivity index (χ2v) is 5.71. The van der Waals surface area contributed by atoms with Crippen LogP contribution < -0.4 is 5.32 Å². The molecule has 2 aromatic rings.